The number of aliphatic hydroxyl groups excluding tert-OH is 2. The first kappa shape index (κ1) is 44.6. The molecule has 0 unspecified atom stereocenters. The number of hydrogen-bond donors (Lipinski definition) is 6. The number of nitrogens with one attached hydrogen (secondary N) is 2. The smallest absolute Gasteiger partial charge is 0.812 e. The van der Waals surface area contributed by atoms with Crippen LogP contribution in [0.2, 0.25) is 0 Å². The molecule has 3 aromatic heterocycles. The van der Waals surface area contributed by atoms with Crippen molar-refractivity contribution in [2.75, 3.05) is 52.1 Å². The van der Waals surface area contributed by atoms with Gasteiger partial charge in [-0.1, -0.05) is 6.72 Å². The van der Waals surface area contributed by atoms with Crippen LogP contribution < -0.4 is 96.7 Å². The monoisotopic (exact) mass is 799 g/mol. The Morgan fingerprint density at radius 3 is 2.37 bits per heavy atom. The van der Waals surface area contributed by atoms with Gasteiger partial charge in [-0.15, -0.1) is 11.8 Å². The second-order valence-corrected chi connectivity index (χ2v) is 14.9. The average Bonchev–Trinajstić information content (AvgIpc) is 3.68. The molecule has 51 heavy (non-hydrogen) atoms. The Labute approximate surface area is 337 Å². The number of aromatic amines is 1. The minimum atomic E-state index is -4.73. The molecule has 0 saturated carbocycles. The van der Waals surface area contributed by atoms with Crippen LogP contribution in [0.1, 0.15) is 12.5 Å². The summed E-state index contributed by atoms with van der Waals surface area (Å²) in [6, 6.07) is 1.28. The second kappa shape index (κ2) is 18.7. The van der Waals surface area contributed by atoms with Crippen LogP contribution in [0.3, 0.4) is 0 Å². The Balaban J connectivity index is 0.00000351. The van der Waals surface area contributed by atoms with Crippen LogP contribution in [0.5, 0.6) is 0 Å². The number of H-pyrrole nitrogens is 1. The van der Waals surface area contributed by atoms with Crippen molar-refractivity contribution in [1.29, 1.82) is 0 Å². The largest absolute Gasteiger partial charge is 1.00 e. The molecule has 0 spiro atoms. The number of ether oxygens (including phenoxy) is 4. The summed E-state index contributed by atoms with van der Waals surface area (Å²) in [4.78, 5) is 62.3. The first-order valence-corrected chi connectivity index (χ1v) is 18.3. The minimum absolute atomic E-state index is 0. The number of methoxy groups -OCH3 is 2. The molecule has 0 aliphatic carbocycles. The van der Waals surface area contributed by atoms with Gasteiger partial charge in [-0.05, 0) is 6.07 Å². The average molecular weight is 800 g/mol. The summed E-state index contributed by atoms with van der Waals surface area (Å²) in [6.07, 6.45) is -8.89. The van der Waals surface area contributed by atoms with Gasteiger partial charge in [-0.3, -0.25) is 28.0 Å². The first-order valence-electron chi connectivity index (χ1n) is 14.2. The van der Waals surface area contributed by atoms with Crippen LogP contribution in [-0.4, -0.2) is 116 Å². The van der Waals surface area contributed by atoms with Gasteiger partial charge in [0.2, 0.25) is 5.95 Å². The van der Waals surface area contributed by atoms with Gasteiger partial charge in [0.25, 0.3) is 5.56 Å². The van der Waals surface area contributed by atoms with E-state index in [0.29, 0.717) is 0 Å². The summed E-state index contributed by atoms with van der Waals surface area (Å²) in [5.41, 5.74) is 9.60. The van der Waals surface area contributed by atoms with E-state index in [1.807, 2.05) is 0 Å². The predicted octanol–water partition coefficient (Wildman–Crippen LogP) is -10.2. The molecule has 8 N–H and O–H groups in total. The Morgan fingerprint density at radius 2 is 1.73 bits per heavy atom. The second-order valence-electron chi connectivity index (χ2n) is 10.6. The van der Waals surface area contributed by atoms with Gasteiger partial charge in [0.05, 0.1) is 26.1 Å². The van der Waals surface area contributed by atoms with Gasteiger partial charge in [0.1, 0.15) is 42.4 Å². The fourth-order valence-electron chi connectivity index (χ4n) is 5.18. The van der Waals surface area contributed by atoms with Crippen LogP contribution in [0.4, 0.5) is 11.8 Å². The van der Waals surface area contributed by atoms with Crippen LogP contribution in [0.25, 0.3) is 11.2 Å². The van der Waals surface area contributed by atoms with Crippen molar-refractivity contribution >= 4 is 49.2 Å². The van der Waals surface area contributed by atoms with E-state index in [1.54, 1.807) is 0 Å². The molecule has 28 heteroatoms. The quantitative estimate of drug-likeness (QED) is 0.0472. The molecule has 2 aliphatic rings. The maximum atomic E-state index is 14.3. The van der Waals surface area contributed by atoms with E-state index >= 15 is 0 Å². The summed E-state index contributed by atoms with van der Waals surface area (Å²) < 4.78 is 55.3. The van der Waals surface area contributed by atoms with Crippen molar-refractivity contribution < 1.29 is 116 Å². The van der Waals surface area contributed by atoms with E-state index in [0.717, 1.165) is 4.57 Å². The van der Waals surface area contributed by atoms with Gasteiger partial charge in [0.15, 0.2) is 23.6 Å². The molecule has 272 valence electrons. The number of hydrogen-bond acceptors (Lipinski definition) is 20. The Morgan fingerprint density at radius 1 is 1.04 bits per heavy atom. The van der Waals surface area contributed by atoms with Crippen LogP contribution in [0, 0.1) is 0 Å². The van der Waals surface area contributed by atoms with Crippen molar-refractivity contribution in [3.05, 3.63) is 39.4 Å². The number of aromatic nitrogens is 6. The predicted molar refractivity (Wildman–Crippen MR) is 165 cm³/mol. The van der Waals surface area contributed by atoms with E-state index in [1.165, 1.54) is 37.4 Å². The zero-order valence-electron chi connectivity index (χ0n) is 27.7. The number of nitrogens with zero attached hydrogens (tertiary/aromatic N) is 5. The topological polar surface area (TPSA) is 331 Å². The minimum Gasteiger partial charge on any atom is -0.812 e. The number of nitrogen functional groups attached to an aromatic ring is 2. The van der Waals surface area contributed by atoms with Gasteiger partial charge in [-0.2, -0.15) is 9.97 Å². The van der Waals surface area contributed by atoms with Gasteiger partial charge >= 0.3 is 72.6 Å². The third-order valence-electron chi connectivity index (χ3n) is 7.42. The van der Waals surface area contributed by atoms with E-state index < -0.39 is 88.0 Å². The third-order valence-corrected chi connectivity index (χ3v) is 9.83. The summed E-state index contributed by atoms with van der Waals surface area (Å²) in [6.45, 7) is -6.20. The van der Waals surface area contributed by atoms with Crippen molar-refractivity contribution in [1.82, 2.24) is 34.2 Å². The van der Waals surface area contributed by atoms with Crippen molar-refractivity contribution in [2.45, 2.75) is 49.1 Å². The zero-order chi connectivity index (χ0) is 35.7. The fourth-order valence-corrected chi connectivity index (χ4v) is 7.21. The Kier molecular flexibility index (Phi) is 16.4. The van der Waals surface area contributed by atoms with Crippen LogP contribution >= 0.6 is 14.5 Å². The summed E-state index contributed by atoms with van der Waals surface area (Å²) in [7, 11) is -1.89. The maximum absolute atomic E-state index is 14.3. The van der Waals surface area contributed by atoms with Gasteiger partial charge in [0, 0.05) is 27.0 Å². The van der Waals surface area contributed by atoms with E-state index in [4.69, 9.17) is 44.0 Å². The fraction of sp³-hybridized carbons (Fsp3) is 0.609. The molecule has 0 radical (unpaired) electrons. The third kappa shape index (κ3) is 10.5. The van der Waals surface area contributed by atoms with Crippen molar-refractivity contribution in [3.8, 4) is 0 Å². The number of rotatable bonds is 15. The number of nitrogens with two attached hydrogens (primary N) is 2. The molecular formula is C23H33N9Na2O14P2S. The maximum Gasteiger partial charge on any atom is 1.00 e. The van der Waals surface area contributed by atoms with E-state index in [9.17, 15) is 34.2 Å². The summed E-state index contributed by atoms with van der Waals surface area (Å²) in [5, 5.41) is 23.9. The van der Waals surface area contributed by atoms with Crippen LogP contribution in [0.15, 0.2) is 28.2 Å². The van der Waals surface area contributed by atoms with E-state index in [2.05, 4.69) is 36.8 Å². The number of aliphatic hydroxyl groups is 2. The zero-order valence-corrected chi connectivity index (χ0v) is 34.3. The Hall–Kier alpha value is -0.770. The molecule has 0 aromatic carbocycles. The number of imidazole rings is 1. The molecule has 9 atom stereocenters. The van der Waals surface area contributed by atoms with Gasteiger partial charge in [-0.25, -0.2) is 19.4 Å². The summed E-state index contributed by atoms with van der Waals surface area (Å²) >= 11 is 4.36. The van der Waals surface area contributed by atoms with Crippen LogP contribution in [-0.2, 0) is 48.9 Å². The first-order chi connectivity index (χ1) is 23.1. The normalized spacial score (nSPS) is 27.6. The van der Waals surface area contributed by atoms with Gasteiger partial charge < -0.3 is 54.9 Å². The molecule has 2 saturated heterocycles. The number of anilines is 2. The molecule has 0 bridgehead atoms. The molecular weight excluding hydrogens is 766 g/mol. The molecule has 0 amide bonds. The molecule has 2 aliphatic heterocycles. The van der Waals surface area contributed by atoms with Crippen molar-refractivity contribution in [2.24, 2.45) is 0 Å². The molecule has 23 nitrogen and oxygen atoms in total. The SMILES string of the molecule is COCCN[P@@](=O)(OC[C@H]1O[C@@H](n2ccc(N)nc2=O)[C@H](O)[C@@H]1O)O[C@H]1[C@@H](OC)[C@H](n2cnc3c(=O)[nH]c(N)nc32)O[C@@H]1COP([O-])([O-])=S.[Na+].[Na+]. The van der Waals surface area contributed by atoms with E-state index in [-0.39, 0.29) is 95.2 Å². The van der Waals surface area contributed by atoms with Crippen molar-refractivity contribution in [3.63, 3.8) is 0 Å². The molecule has 2 fully saturated rings. The standard InChI is InChI=1S/C23H35N9O14P2S.2Na/c1-40-6-4-27-47(37,42-7-10-14(33)15(34)20(44-10)31-5-3-12(24)28-23(31)36)46-16-11(8-43-48(38,39)49)45-21(17(16)41-2)32-9-26-13-18(32)29-22(25)30-19(13)35;;/h3,5,9-11,14-17,20-21,33-34H,4,6-8H2,1-2H3,(H,27,37)(H2,24,28,36)(H2,38,39,49)(H3,25,29,30,35);;/q;2*+1/p-2/t10-,11-,14-,15-,16-,17-,20-,21-,47-;;/m1../s1. The Bertz CT molecular complexity index is 1850. The summed E-state index contributed by atoms with van der Waals surface area (Å²) in [5.74, 6) is -0.314. The number of fused-ring (bicyclic) bond motifs is 1. The molecule has 5 rings (SSSR count). The molecule has 3 aromatic rings. The molecule has 5 heterocycles.